The molecule has 0 atom stereocenters. The zero-order valence-electron chi connectivity index (χ0n) is 14.4. The first-order valence-electron chi connectivity index (χ1n) is 8.08. The summed E-state index contributed by atoms with van der Waals surface area (Å²) < 4.78 is 5.29. The Labute approximate surface area is 137 Å². The predicted molar refractivity (Wildman–Crippen MR) is 91.4 cm³/mol. The fourth-order valence-corrected chi connectivity index (χ4v) is 2.35. The highest BCUT2D eigenvalue weighted by molar-refractivity contribution is 5.97. The molecule has 1 saturated heterocycles. The van der Waals surface area contributed by atoms with E-state index in [0.717, 1.165) is 24.1 Å². The van der Waals surface area contributed by atoms with Gasteiger partial charge in [-0.25, -0.2) is 0 Å². The van der Waals surface area contributed by atoms with Gasteiger partial charge in [-0.3, -0.25) is 9.59 Å². The molecule has 2 amide bonds. The van der Waals surface area contributed by atoms with E-state index < -0.39 is 5.41 Å². The van der Waals surface area contributed by atoms with Gasteiger partial charge in [0.25, 0.3) is 0 Å². The van der Waals surface area contributed by atoms with Crippen molar-refractivity contribution in [2.24, 2.45) is 11.3 Å². The van der Waals surface area contributed by atoms with Crippen molar-refractivity contribution < 1.29 is 14.3 Å². The lowest BCUT2D eigenvalue weighted by atomic mass is 9.95. The molecule has 5 heteroatoms. The summed E-state index contributed by atoms with van der Waals surface area (Å²) in [4.78, 5) is 24.4. The van der Waals surface area contributed by atoms with Gasteiger partial charge in [-0.1, -0.05) is 26.8 Å². The Morgan fingerprint density at radius 2 is 1.78 bits per heavy atom. The van der Waals surface area contributed by atoms with Crippen molar-refractivity contribution in [2.45, 2.75) is 40.5 Å². The molecule has 1 fully saturated rings. The average Bonchev–Trinajstić information content (AvgIpc) is 2.50. The third-order valence-corrected chi connectivity index (χ3v) is 4.03. The highest BCUT2D eigenvalue weighted by Gasteiger charge is 2.23. The van der Waals surface area contributed by atoms with Crippen LogP contribution in [0, 0.1) is 18.3 Å². The lowest BCUT2D eigenvalue weighted by Gasteiger charge is -2.22. The lowest BCUT2D eigenvalue weighted by Crippen LogP contribution is -2.29. The van der Waals surface area contributed by atoms with Crippen molar-refractivity contribution in [3.63, 3.8) is 0 Å². The Morgan fingerprint density at radius 1 is 1.13 bits per heavy atom. The Kier molecular flexibility index (Phi) is 5.42. The Morgan fingerprint density at radius 3 is 2.39 bits per heavy atom. The van der Waals surface area contributed by atoms with Crippen molar-refractivity contribution in [2.75, 3.05) is 23.8 Å². The summed E-state index contributed by atoms with van der Waals surface area (Å²) in [6.45, 7) is 8.81. The van der Waals surface area contributed by atoms with Gasteiger partial charge in [0.2, 0.25) is 11.8 Å². The standard InChI is InChI=1S/C18H26N2O3/c1-12-5-6-14(19-17(22)18(2,3)4)11-15(12)20-16(21)13-7-9-23-10-8-13/h5-6,11,13H,7-10H2,1-4H3,(H,19,22)(H,20,21). The second-order valence-corrected chi connectivity index (χ2v) is 7.11. The zero-order chi connectivity index (χ0) is 17.0. The van der Waals surface area contributed by atoms with E-state index in [1.165, 1.54) is 0 Å². The smallest absolute Gasteiger partial charge is 0.229 e. The molecule has 0 radical (unpaired) electrons. The van der Waals surface area contributed by atoms with Gasteiger partial charge in [0.05, 0.1) is 0 Å². The summed E-state index contributed by atoms with van der Waals surface area (Å²) >= 11 is 0. The molecule has 0 spiro atoms. The molecule has 23 heavy (non-hydrogen) atoms. The van der Waals surface area contributed by atoms with Crippen LogP contribution in [-0.4, -0.2) is 25.0 Å². The quantitative estimate of drug-likeness (QED) is 0.898. The number of carbonyl (C=O) groups excluding carboxylic acids is 2. The van der Waals surface area contributed by atoms with Gasteiger partial charge in [-0.2, -0.15) is 0 Å². The first-order chi connectivity index (χ1) is 10.8. The zero-order valence-corrected chi connectivity index (χ0v) is 14.4. The van der Waals surface area contributed by atoms with Gasteiger partial charge >= 0.3 is 0 Å². The first kappa shape index (κ1) is 17.5. The van der Waals surface area contributed by atoms with E-state index in [9.17, 15) is 9.59 Å². The number of rotatable bonds is 3. The number of aryl methyl sites for hydroxylation is 1. The van der Waals surface area contributed by atoms with Gasteiger partial charge in [-0.05, 0) is 37.5 Å². The van der Waals surface area contributed by atoms with Crippen LogP contribution in [0.25, 0.3) is 0 Å². The van der Waals surface area contributed by atoms with E-state index in [1.807, 2.05) is 45.9 Å². The maximum atomic E-state index is 12.4. The van der Waals surface area contributed by atoms with Crippen molar-refractivity contribution in [1.82, 2.24) is 0 Å². The van der Waals surface area contributed by atoms with Crippen LogP contribution < -0.4 is 10.6 Å². The number of ether oxygens (including phenoxy) is 1. The van der Waals surface area contributed by atoms with Crippen LogP contribution in [-0.2, 0) is 14.3 Å². The number of carbonyl (C=O) groups is 2. The van der Waals surface area contributed by atoms with Crippen molar-refractivity contribution in [3.8, 4) is 0 Å². The van der Waals surface area contributed by atoms with Crippen LogP contribution in [0.2, 0.25) is 0 Å². The lowest BCUT2D eigenvalue weighted by molar-refractivity contribution is -0.123. The van der Waals surface area contributed by atoms with Gasteiger partial charge < -0.3 is 15.4 Å². The van der Waals surface area contributed by atoms with Crippen LogP contribution in [0.1, 0.15) is 39.2 Å². The fourth-order valence-electron chi connectivity index (χ4n) is 2.35. The Bertz CT molecular complexity index is 584. The maximum absolute atomic E-state index is 12.4. The molecule has 5 nitrogen and oxygen atoms in total. The number of hydrogen-bond acceptors (Lipinski definition) is 3. The minimum atomic E-state index is -0.462. The normalized spacial score (nSPS) is 16.0. The van der Waals surface area contributed by atoms with E-state index >= 15 is 0 Å². The van der Waals surface area contributed by atoms with Gasteiger partial charge in [0.15, 0.2) is 0 Å². The molecule has 1 aliphatic rings. The van der Waals surface area contributed by atoms with Crippen molar-refractivity contribution in [1.29, 1.82) is 0 Å². The summed E-state index contributed by atoms with van der Waals surface area (Å²) in [6.07, 6.45) is 1.51. The van der Waals surface area contributed by atoms with Crippen molar-refractivity contribution in [3.05, 3.63) is 23.8 Å². The van der Waals surface area contributed by atoms with Crippen molar-refractivity contribution >= 4 is 23.2 Å². The molecule has 1 heterocycles. The summed E-state index contributed by atoms with van der Waals surface area (Å²) in [5, 5.41) is 5.88. The summed E-state index contributed by atoms with van der Waals surface area (Å²) in [5.74, 6) is -0.0327. The number of benzene rings is 1. The van der Waals surface area contributed by atoms with Gasteiger partial charge in [-0.15, -0.1) is 0 Å². The minimum absolute atomic E-state index is 0.00373. The Balaban J connectivity index is 2.08. The molecule has 0 aromatic heterocycles. The summed E-state index contributed by atoms with van der Waals surface area (Å²) in [7, 11) is 0. The second kappa shape index (κ2) is 7.13. The number of amides is 2. The molecular weight excluding hydrogens is 292 g/mol. The van der Waals surface area contributed by atoms with Gasteiger partial charge in [0, 0.05) is 35.9 Å². The summed E-state index contributed by atoms with van der Waals surface area (Å²) in [6, 6.07) is 5.57. The molecule has 0 saturated carbocycles. The molecule has 126 valence electrons. The molecule has 2 N–H and O–H groups in total. The highest BCUT2D eigenvalue weighted by atomic mass is 16.5. The average molecular weight is 318 g/mol. The Hall–Kier alpha value is -1.88. The van der Waals surface area contributed by atoms with E-state index in [-0.39, 0.29) is 17.7 Å². The minimum Gasteiger partial charge on any atom is -0.381 e. The second-order valence-electron chi connectivity index (χ2n) is 7.11. The molecular formula is C18H26N2O3. The highest BCUT2D eigenvalue weighted by Crippen LogP contribution is 2.24. The molecule has 2 rings (SSSR count). The fraction of sp³-hybridized carbons (Fsp3) is 0.556. The van der Waals surface area contributed by atoms with Crippen LogP contribution in [0.15, 0.2) is 18.2 Å². The molecule has 1 aromatic carbocycles. The monoisotopic (exact) mass is 318 g/mol. The van der Waals surface area contributed by atoms with E-state index in [1.54, 1.807) is 0 Å². The number of anilines is 2. The largest absolute Gasteiger partial charge is 0.381 e. The number of hydrogen-bond donors (Lipinski definition) is 2. The summed E-state index contributed by atoms with van der Waals surface area (Å²) in [5.41, 5.74) is 1.95. The topological polar surface area (TPSA) is 67.4 Å². The third kappa shape index (κ3) is 4.79. The molecule has 1 aliphatic heterocycles. The third-order valence-electron chi connectivity index (χ3n) is 4.03. The molecule has 0 aliphatic carbocycles. The predicted octanol–water partition coefficient (Wildman–Crippen LogP) is 3.34. The van der Waals surface area contributed by atoms with E-state index in [4.69, 9.17) is 4.74 Å². The van der Waals surface area contributed by atoms with E-state index in [2.05, 4.69) is 10.6 Å². The maximum Gasteiger partial charge on any atom is 0.229 e. The van der Waals surface area contributed by atoms with Crippen LogP contribution in [0.4, 0.5) is 11.4 Å². The van der Waals surface area contributed by atoms with E-state index in [0.29, 0.717) is 18.9 Å². The van der Waals surface area contributed by atoms with Crippen LogP contribution >= 0.6 is 0 Å². The molecule has 0 bridgehead atoms. The van der Waals surface area contributed by atoms with Gasteiger partial charge in [0.1, 0.15) is 0 Å². The first-order valence-corrected chi connectivity index (χ1v) is 8.08. The molecule has 0 unspecified atom stereocenters. The van der Waals surface area contributed by atoms with Crippen LogP contribution in [0.5, 0.6) is 0 Å². The SMILES string of the molecule is Cc1ccc(NC(=O)C(C)(C)C)cc1NC(=O)C1CCOCC1. The van der Waals surface area contributed by atoms with Crippen LogP contribution in [0.3, 0.4) is 0 Å². The number of nitrogens with one attached hydrogen (secondary N) is 2. The molecule has 1 aromatic rings.